The maximum atomic E-state index is 12.7. The third kappa shape index (κ3) is 7.55. The molecule has 15 heteroatoms. The van der Waals surface area contributed by atoms with E-state index in [0.717, 1.165) is 36.8 Å². The molecule has 196 valence electrons. The van der Waals surface area contributed by atoms with Crippen molar-refractivity contribution in [2.24, 2.45) is 11.8 Å². The summed E-state index contributed by atoms with van der Waals surface area (Å²) in [5.41, 5.74) is 1.92. The normalized spacial score (nSPS) is 19.0. The maximum absolute atomic E-state index is 12.7. The van der Waals surface area contributed by atoms with Crippen LogP contribution in [0.4, 0.5) is 37.8 Å². The molecule has 2 atom stereocenters. The zero-order chi connectivity index (χ0) is 27.3. The number of fused-ring (bicyclic) bond motifs is 1. The second kappa shape index (κ2) is 11.2. The molecule has 0 bridgehead atoms. The fourth-order valence-corrected chi connectivity index (χ4v) is 3.50. The summed E-state index contributed by atoms with van der Waals surface area (Å²) in [6.07, 6.45) is -6.67. The van der Waals surface area contributed by atoms with Gasteiger partial charge in [0, 0.05) is 37.4 Å². The summed E-state index contributed by atoms with van der Waals surface area (Å²) in [5.74, 6) is -3.87. The van der Waals surface area contributed by atoms with Gasteiger partial charge in [-0.25, -0.2) is 14.6 Å². The van der Waals surface area contributed by atoms with Crippen LogP contribution in [-0.2, 0) is 14.4 Å². The highest BCUT2D eigenvalue weighted by atomic mass is 19.4. The van der Waals surface area contributed by atoms with Crippen molar-refractivity contribution in [2.75, 3.05) is 29.4 Å². The van der Waals surface area contributed by atoms with Gasteiger partial charge in [0.1, 0.15) is 5.82 Å². The molecule has 4 rings (SSSR count). The molecule has 0 aromatic carbocycles. The molecule has 2 N–H and O–H groups in total. The van der Waals surface area contributed by atoms with Gasteiger partial charge in [-0.2, -0.15) is 26.3 Å². The van der Waals surface area contributed by atoms with E-state index in [1.165, 1.54) is 0 Å². The zero-order valence-electron chi connectivity index (χ0n) is 18.5. The molecule has 0 aliphatic carbocycles. The fraction of sp³-hybridized carbons (Fsp3) is 0.381. The monoisotopic (exact) mass is 522 g/mol. The van der Waals surface area contributed by atoms with Crippen LogP contribution in [0.15, 0.2) is 42.7 Å². The smallest absolute Gasteiger partial charge is 0.475 e. The van der Waals surface area contributed by atoms with Crippen molar-refractivity contribution in [3.63, 3.8) is 0 Å². The second-order valence-corrected chi connectivity index (χ2v) is 7.67. The van der Waals surface area contributed by atoms with Gasteiger partial charge in [-0.15, -0.1) is 0 Å². The lowest BCUT2D eigenvalue weighted by Gasteiger charge is -2.22. The van der Waals surface area contributed by atoms with E-state index in [-0.39, 0.29) is 11.8 Å². The van der Waals surface area contributed by atoms with E-state index in [9.17, 15) is 31.1 Å². The number of hydrogen-bond donors (Lipinski definition) is 2. The predicted octanol–water partition coefficient (Wildman–Crippen LogP) is 3.15. The Kier molecular flexibility index (Phi) is 8.83. The maximum Gasteiger partial charge on any atom is 0.490 e. The summed E-state index contributed by atoms with van der Waals surface area (Å²) in [6, 6.07) is 9.87. The third-order valence-corrected chi connectivity index (χ3v) is 5.08. The minimum absolute atomic E-state index is 0.0718. The van der Waals surface area contributed by atoms with E-state index in [4.69, 9.17) is 19.8 Å². The van der Waals surface area contributed by atoms with Crippen LogP contribution in [0.2, 0.25) is 0 Å². The first-order valence-electron chi connectivity index (χ1n) is 10.1. The number of nitrogens with zero attached hydrogens (tertiary/aromatic N) is 4. The first kappa shape index (κ1) is 28.3. The number of aromatic nitrogens is 2. The summed E-state index contributed by atoms with van der Waals surface area (Å²) >= 11 is 0. The number of aliphatic carboxylic acids is 2. The van der Waals surface area contributed by atoms with Gasteiger partial charge in [-0.05, 0) is 31.2 Å². The van der Waals surface area contributed by atoms with Crippen LogP contribution in [-0.4, -0.2) is 70.0 Å². The van der Waals surface area contributed by atoms with Crippen LogP contribution in [0.1, 0.15) is 5.69 Å². The van der Waals surface area contributed by atoms with E-state index in [0.29, 0.717) is 5.92 Å². The summed E-state index contributed by atoms with van der Waals surface area (Å²) < 4.78 is 63.5. The number of hydrogen-bond acceptors (Lipinski definition) is 6. The summed E-state index contributed by atoms with van der Waals surface area (Å²) in [7, 11) is 0. The number of alkyl halides is 6. The summed E-state index contributed by atoms with van der Waals surface area (Å²) in [5, 5.41) is 14.2. The molecule has 0 unspecified atom stereocenters. The molecule has 0 saturated carbocycles. The fourth-order valence-electron chi connectivity index (χ4n) is 3.50. The van der Waals surface area contributed by atoms with Crippen molar-refractivity contribution in [1.82, 2.24) is 9.97 Å². The average molecular weight is 522 g/mol. The van der Waals surface area contributed by atoms with Crippen molar-refractivity contribution in [2.45, 2.75) is 19.3 Å². The molecule has 2 aromatic heterocycles. The summed E-state index contributed by atoms with van der Waals surface area (Å²) in [6.45, 7) is 4.42. The lowest BCUT2D eigenvalue weighted by molar-refractivity contribution is -0.193. The van der Waals surface area contributed by atoms with Gasteiger partial charge in [-0.1, -0.05) is 6.07 Å². The molecular weight excluding hydrogens is 502 g/mol. The second-order valence-electron chi connectivity index (χ2n) is 7.67. The minimum Gasteiger partial charge on any atom is -0.475 e. The molecular formula is C21H20F6N4O5. The molecule has 2 aromatic rings. The molecule has 36 heavy (non-hydrogen) atoms. The van der Waals surface area contributed by atoms with E-state index < -0.39 is 24.3 Å². The van der Waals surface area contributed by atoms with Crippen LogP contribution < -0.4 is 9.80 Å². The molecule has 4 heterocycles. The number of aryl methyl sites for hydroxylation is 1. The number of halogens is 6. The Morgan fingerprint density at radius 3 is 1.97 bits per heavy atom. The summed E-state index contributed by atoms with van der Waals surface area (Å²) in [4.78, 5) is 43.3. The number of rotatable bonds is 2. The Balaban J connectivity index is 0.000000271. The Hall–Kier alpha value is -3.91. The van der Waals surface area contributed by atoms with Gasteiger partial charge in [0.15, 0.2) is 0 Å². The van der Waals surface area contributed by atoms with E-state index in [2.05, 4.69) is 14.9 Å². The van der Waals surface area contributed by atoms with Crippen LogP contribution in [0.25, 0.3) is 0 Å². The van der Waals surface area contributed by atoms with Crippen molar-refractivity contribution < 1.29 is 50.9 Å². The van der Waals surface area contributed by atoms with Crippen LogP contribution in [0, 0.1) is 18.8 Å². The highest BCUT2D eigenvalue weighted by Crippen LogP contribution is 2.36. The van der Waals surface area contributed by atoms with Gasteiger partial charge in [0.25, 0.3) is 0 Å². The van der Waals surface area contributed by atoms with Gasteiger partial charge in [0.2, 0.25) is 5.91 Å². The number of carboxylic acids is 2. The van der Waals surface area contributed by atoms with E-state index in [1.807, 2.05) is 42.2 Å². The van der Waals surface area contributed by atoms with E-state index in [1.54, 1.807) is 12.4 Å². The Morgan fingerprint density at radius 2 is 1.53 bits per heavy atom. The molecule has 1 amide bonds. The largest absolute Gasteiger partial charge is 0.490 e. The van der Waals surface area contributed by atoms with Crippen LogP contribution in [0.5, 0.6) is 0 Å². The van der Waals surface area contributed by atoms with Crippen molar-refractivity contribution in [3.8, 4) is 0 Å². The van der Waals surface area contributed by atoms with Crippen LogP contribution >= 0.6 is 0 Å². The van der Waals surface area contributed by atoms with Gasteiger partial charge >= 0.3 is 24.3 Å². The number of amides is 1. The first-order valence-corrected chi connectivity index (χ1v) is 10.1. The van der Waals surface area contributed by atoms with Crippen molar-refractivity contribution in [3.05, 3.63) is 48.4 Å². The Labute approximate surface area is 200 Å². The lowest BCUT2D eigenvalue weighted by Crippen LogP contribution is -2.33. The SMILES string of the molecule is Cc1cccc(N2C[C@H]3CN(c4cccnc4)C(=O)[C@H]3C2)n1.O=C(O)C(F)(F)F.O=C(O)C(F)(F)F. The molecule has 9 nitrogen and oxygen atoms in total. The molecule has 2 aliphatic heterocycles. The number of anilines is 2. The van der Waals surface area contributed by atoms with Crippen LogP contribution in [0.3, 0.4) is 0 Å². The minimum atomic E-state index is -5.08. The quantitative estimate of drug-likeness (QED) is 0.577. The zero-order valence-corrected chi connectivity index (χ0v) is 18.5. The highest BCUT2D eigenvalue weighted by Gasteiger charge is 2.47. The highest BCUT2D eigenvalue weighted by molar-refractivity contribution is 5.98. The average Bonchev–Trinajstić information content (AvgIpc) is 3.33. The van der Waals surface area contributed by atoms with Crippen molar-refractivity contribution >= 4 is 29.4 Å². The molecule has 2 saturated heterocycles. The molecule has 2 aliphatic rings. The van der Waals surface area contributed by atoms with Gasteiger partial charge < -0.3 is 20.0 Å². The van der Waals surface area contributed by atoms with Gasteiger partial charge in [0.05, 0.1) is 17.8 Å². The number of carbonyl (C=O) groups is 3. The Bertz CT molecular complexity index is 1060. The number of carboxylic acid groups (broad SMARTS) is 2. The number of carbonyl (C=O) groups excluding carboxylic acids is 1. The topological polar surface area (TPSA) is 124 Å². The number of pyridine rings is 2. The third-order valence-electron chi connectivity index (χ3n) is 5.08. The standard InChI is InChI=1S/C17H18N4O.2C2HF3O2/c1-12-4-2-6-16(19-12)20-9-13-10-21(17(22)15(13)11-20)14-5-3-7-18-8-14;2*3-2(4,5)1(6)7/h2-8,13,15H,9-11H2,1H3;2*(H,6,7)/t13-,15-;;/m0../s1. The molecule has 2 fully saturated rings. The molecule has 0 spiro atoms. The molecule has 0 radical (unpaired) electrons. The van der Waals surface area contributed by atoms with Crippen molar-refractivity contribution in [1.29, 1.82) is 0 Å². The van der Waals surface area contributed by atoms with Gasteiger partial charge in [-0.3, -0.25) is 9.78 Å². The predicted molar refractivity (Wildman–Crippen MR) is 112 cm³/mol. The first-order chi connectivity index (χ1) is 16.6. The lowest BCUT2D eigenvalue weighted by atomic mass is 10.0. The Morgan fingerprint density at radius 1 is 0.944 bits per heavy atom. The van der Waals surface area contributed by atoms with E-state index >= 15 is 0 Å².